The Morgan fingerprint density at radius 3 is 2.31 bits per heavy atom. The Morgan fingerprint density at radius 2 is 1.66 bits per heavy atom. The lowest BCUT2D eigenvalue weighted by atomic mass is 9.86. The summed E-state index contributed by atoms with van der Waals surface area (Å²) in [5.41, 5.74) is 4.16. The molecule has 0 saturated heterocycles. The van der Waals surface area contributed by atoms with Crippen molar-refractivity contribution in [3.8, 4) is 17.0 Å². The minimum atomic E-state index is -0.752. The Kier molecular flexibility index (Phi) is 7.71. The number of fused-ring (bicyclic) bond motifs is 2. The highest BCUT2D eigenvalue weighted by Crippen LogP contribution is 2.38. The van der Waals surface area contributed by atoms with E-state index in [2.05, 4.69) is 4.98 Å². The molecule has 152 valence electrons. The molecule has 4 rings (SSSR count). The monoisotopic (exact) mass is 410 g/mol. The lowest BCUT2D eigenvalue weighted by Crippen LogP contribution is -2.20. The van der Waals surface area contributed by atoms with E-state index in [-0.39, 0.29) is 5.75 Å². The van der Waals surface area contributed by atoms with Crippen LogP contribution in [0.15, 0.2) is 48.5 Å². The summed E-state index contributed by atoms with van der Waals surface area (Å²) in [7, 11) is -0.752. The molecule has 0 aliphatic carbocycles. The lowest BCUT2D eigenvalue weighted by Gasteiger charge is -2.14. The molecule has 0 unspecified atom stereocenters. The fourth-order valence-corrected chi connectivity index (χ4v) is 3.68. The maximum atomic E-state index is 10.4. The molecule has 4 nitrogen and oxygen atoms in total. The Labute approximate surface area is 177 Å². The van der Waals surface area contributed by atoms with Crippen LogP contribution >= 0.6 is 11.6 Å². The summed E-state index contributed by atoms with van der Waals surface area (Å²) in [5, 5.41) is 22.5. The van der Waals surface area contributed by atoms with Gasteiger partial charge < -0.3 is 14.6 Å². The first-order chi connectivity index (χ1) is 14.0. The van der Waals surface area contributed by atoms with Gasteiger partial charge in [0, 0.05) is 27.5 Å². The first-order valence-corrected chi connectivity index (χ1v) is 10.4. The number of aryl methyl sites for hydroxylation is 1. The molecule has 2 heterocycles. The van der Waals surface area contributed by atoms with Crippen LogP contribution in [0.1, 0.15) is 33.3 Å². The van der Waals surface area contributed by atoms with Crippen molar-refractivity contribution < 1.29 is 10.1 Å². The predicted molar refractivity (Wildman–Crippen MR) is 126 cm³/mol. The summed E-state index contributed by atoms with van der Waals surface area (Å²) in [4.78, 5) is 4.50. The third kappa shape index (κ3) is 4.26. The van der Waals surface area contributed by atoms with Crippen LogP contribution < -0.4 is 0 Å². The number of halogens is 1. The molecular weight excluding hydrogens is 383 g/mol. The maximum Gasteiger partial charge on any atom is 0.414 e. The topological polar surface area (TPSA) is 58.3 Å². The highest BCUT2D eigenvalue weighted by Gasteiger charge is 2.23. The molecule has 4 aromatic rings. The van der Waals surface area contributed by atoms with Crippen LogP contribution in [0.2, 0.25) is 12.0 Å². The van der Waals surface area contributed by atoms with Crippen LogP contribution in [-0.4, -0.2) is 26.6 Å². The minimum absolute atomic E-state index is 0.188. The molecule has 0 aliphatic heterocycles. The van der Waals surface area contributed by atoms with Crippen molar-refractivity contribution in [3.05, 3.63) is 59.2 Å². The lowest BCUT2D eigenvalue weighted by molar-refractivity contribution is 0.476. The van der Waals surface area contributed by atoms with Gasteiger partial charge in [0.25, 0.3) is 0 Å². The standard InChI is InChI=1S/C19H16BClN2O2.2C2H6/c1-11-14-10-13(24)7-8-17(14)23(20(2)25)18(11)15-9-12-5-3-4-6-16(12)22-19(15)21;2*1-2/h3-10,24-25H,1-2H3;2*1-2H3. The molecule has 2 aromatic heterocycles. The van der Waals surface area contributed by atoms with Crippen LogP contribution in [0.25, 0.3) is 33.1 Å². The summed E-state index contributed by atoms with van der Waals surface area (Å²) in [6.45, 7) is 11.7. The van der Waals surface area contributed by atoms with E-state index in [1.807, 2.05) is 69.4 Å². The van der Waals surface area contributed by atoms with Crippen LogP contribution in [0.5, 0.6) is 5.75 Å². The summed E-state index contributed by atoms with van der Waals surface area (Å²) < 4.78 is 1.82. The molecule has 0 amide bonds. The predicted octanol–water partition coefficient (Wildman–Crippen LogP) is 6.53. The van der Waals surface area contributed by atoms with Gasteiger partial charge in [0.2, 0.25) is 0 Å². The van der Waals surface area contributed by atoms with Gasteiger partial charge in [0.1, 0.15) is 10.9 Å². The normalized spacial score (nSPS) is 10.2. The number of pyridine rings is 1. The van der Waals surface area contributed by atoms with Crippen molar-refractivity contribution in [3.63, 3.8) is 0 Å². The van der Waals surface area contributed by atoms with E-state index >= 15 is 0 Å². The quantitative estimate of drug-likeness (QED) is 0.291. The van der Waals surface area contributed by atoms with Gasteiger partial charge in [-0.2, -0.15) is 0 Å². The fourth-order valence-electron chi connectivity index (χ4n) is 3.44. The second kappa shape index (κ2) is 9.81. The first-order valence-electron chi connectivity index (χ1n) is 10.0. The molecule has 0 atom stereocenters. The molecule has 2 aromatic carbocycles. The number of rotatable bonds is 2. The van der Waals surface area contributed by atoms with Crippen LogP contribution in [0, 0.1) is 6.92 Å². The van der Waals surface area contributed by atoms with Crippen molar-refractivity contribution in [1.82, 2.24) is 9.46 Å². The van der Waals surface area contributed by atoms with Gasteiger partial charge in [0.15, 0.2) is 0 Å². The zero-order chi connectivity index (χ0) is 21.7. The second-order valence-electron chi connectivity index (χ2n) is 6.20. The van der Waals surface area contributed by atoms with Gasteiger partial charge in [-0.15, -0.1) is 0 Å². The van der Waals surface area contributed by atoms with E-state index in [4.69, 9.17) is 11.6 Å². The van der Waals surface area contributed by atoms with Crippen molar-refractivity contribution >= 4 is 40.5 Å². The van der Waals surface area contributed by atoms with Crippen molar-refractivity contribution in [2.75, 3.05) is 0 Å². The SMILES string of the molecule is CB(O)n1c(-c2cc3ccccc3nc2Cl)c(C)c2cc(O)ccc21.CC.CC. The summed E-state index contributed by atoms with van der Waals surface area (Å²) in [6.07, 6.45) is 0. The van der Waals surface area contributed by atoms with E-state index < -0.39 is 7.05 Å². The largest absolute Gasteiger partial charge is 0.508 e. The number of nitrogens with zero attached hydrogens (tertiary/aromatic N) is 2. The van der Waals surface area contributed by atoms with Crippen molar-refractivity contribution in [1.29, 1.82) is 0 Å². The first kappa shape index (κ1) is 22.8. The number of benzene rings is 2. The zero-order valence-electron chi connectivity index (χ0n) is 17.9. The van der Waals surface area contributed by atoms with Gasteiger partial charge in [-0.1, -0.05) is 57.5 Å². The van der Waals surface area contributed by atoms with E-state index in [0.717, 1.165) is 38.6 Å². The second-order valence-corrected chi connectivity index (χ2v) is 6.55. The van der Waals surface area contributed by atoms with Gasteiger partial charge in [-0.25, -0.2) is 4.98 Å². The van der Waals surface area contributed by atoms with Crippen LogP contribution in [0.3, 0.4) is 0 Å². The molecule has 0 bridgehead atoms. The van der Waals surface area contributed by atoms with E-state index in [1.54, 1.807) is 25.0 Å². The molecule has 2 N–H and O–H groups in total. The molecule has 6 heteroatoms. The minimum Gasteiger partial charge on any atom is -0.508 e. The average Bonchev–Trinajstić information content (AvgIpc) is 3.02. The highest BCUT2D eigenvalue weighted by atomic mass is 35.5. The number of aromatic hydroxyl groups is 1. The molecule has 0 spiro atoms. The van der Waals surface area contributed by atoms with E-state index in [1.165, 1.54) is 0 Å². The Balaban J connectivity index is 0.000000707. The van der Waals surface area contributed by atoms with Crippen LogP contribution in [0.4, 0.5) is 0 Å². The van der Waals surface area contributed by atoms with Gasteiger partial charge >= 0.3 is 7.05 Å². The van der Waals surface area contributed by atoms with Gasteiger partial charge in [-0.05, 0) is 49.6 Å². The smallest absolute Gasteiger partial charge is 0.414 e. The fraction of sp³-hybridized carbons (Fsp3) is 0.261. The van der Waals surface area contributed by atoms with E-state index in [9.17, 15) is 10.1 Å². The Hall–Kier alpha value is -2.50. The Bertz CT molecular complexity index is 1120. The van der Waals surface area contributed by atoms with E-state index in [0.29, 0.717) is 5.15 Å². The van der Waals surface area contributed by atoms with Crippen molar-refractivity contribution in [2.45, 2.75) is 41.4 Å². The number of aromatic nitrogens is 2. The third-order valence-electron chi connectivity index (χ3n) is 4.55. The molecule has 0 aliphatic rings. The summed E-state index contributed by atoms with van der Waals surface area (Å²) in [5.74, 6) is 0.188. The average molecular weight is 411 g/mol. The number of hydrogen-bond donors (Lipinski definition) is 2. The maximum absolute atomic E-state index is 10.4. The summed E-state index contributed by atoms with van der Waals surface area (Å²) in [6, 6.07) is 14.9. The molecule has 0 radical (unpaired) electrons. The Morgan fingerprint density at radius 1 is 1.00 bits per heavy atom. The number of para-hydroxylation sites is 1. The van der Waals surface area contributed by atoms with Gasteiger partial charge in [-0.3, -0.25) is 0 Å². The molecule has 0 fully saturated rings. The molecular formula is C23H28BClN2O2. The molecule has 0 saturated carbocycles. The number of phenolic OH excluding ortho intramolecular Hbond substituents is 1. The molecule has 29 heavy (non-hydrogen) atoms. The van der Waals surface area contributed by atoms with Gasteiger partial charge in [0.05, 0.1) is 5.52 Å². The van der Waals surface area contributed by atoms with Crippen molar-refractivity contribution in [2.24, 2.45) is 0 Å². The number of hydrogen-bond acceptors (Lipinski definition) is 3. The summed E-state index contributed by atoms with van der Waals surface area (Å²) >= 11 is 6.49. The zero-order valence-corrected chi connectivity index (χ0v) is 18.6. The highest BCUT2D eigenvalue weighted by molar-refractivity contribution is 6.49. The third-order valence-corrected chi connectivity index (χ3v) is 4.83. The number of phenols is 1. The van der Waals surface area contributed by atoms with Crippen LogP contribution in [-0.2, 0) is 0 Å².